The minimum atomic E-state index is -2.25. The normalized spacial score (nSPS) is 20.0. The zero-order chi connectivity index (χ0) is 22.0. The van der Waals surface area contributed by atoms with Crippen LogP contribution in [-0.4, -0.2) is 51.1 Å². The van der Waals surface area contributed by atoms with Gasteiger partial charge in [-0.25, -0.2) is 9.59 Å². The lowest BCUT2D eigenvalue weighted by atomic mass is 9.81. The summed E-state index contributed by atoms with van der Waals surface area (Å²) < 4.78 is 18.0. The van der Waals surface area contributed by atoms with Crippen molar-refractivity contribution in [1.82, 2.24) is 4.57 Å². The molecule has 2 heterocycles. The van der Waals surface area contributed by atoms with Crippen molar-refractivity contribution in [3.05, 3.63) is 35.2 Å². The summed E-state index contributed by atoms with van der Waals surface area (Å²) in [6.07, 6.45) is 2.73. The molecule has 29 heavy (non-hydrogen) atoms. The molecule has 0 bridgehead atoms. The molecular weight excluding hydrogens is 378 g/mol. The van der Waals surface area contributed by atoms with E-state index in [2.05, 4.69) is 0 Å². The molecule has 3 atom stereocenters. The number of carbonyl (C=O) groups excluding carboxylic acids is 2. The van der Waals surface area contributed by atoms with Crippen LogP contribution in [0.2, 0.25) is 0 Å². The summed E-state index contributed by atoms with van der Waals surface area (Å²) in [5, 5.41) is 21.2. The van der Waals surface area contributed by atoms with Crippen LogP contribution in [0.3, 0.4) is 0 Å². The first-order valence-electron chi connectivity index (χ1n) is 9.63. The molecule has 1 aliphatic rings. The van der Waals surface area contributed by atoms with Gasteiger partial charge in [0.2, 0.25) is 5.60 Å². The highest BCUT2D eigenvalue weighted by atomic mass is 16.6. The number of aromatic nitrogens is 1. The van der Waals surface area contributed by atoms with E-state index in [1.54, 1.807) is 26.0 Å². The monoisotopic (exact) mass is 409 g/mol. The molecule has 0 saturated carbocycles. The molecule has 1 aliphatic heterocycles. The molecule has 8 heteroatoms. The molecule has 1 aromatic rings. The smallest absolute Gasteiger partial charge is 0.344 e. The van der Waals surface area contributed by atoms with Gasteiger partial charge in [-0.2, -0.15) is 0 Å². The van der Waals surface area contributed by atoms with Crippen molar-refractivity contribution in [2.75, 3.05) is 7.11 Å². The first-order chi connectivity index (χ1) is 13.5. The minimum absolute atomic E-state index is 0.132. The van der Waals surface area contributed by atoms with E-state index in [1.807, 2.05) is 10.8 Å². The van der Waals surface area contributed by atoms with Crippen molar-refractivity contribution in [3.63, 3.8) is 0 Å². The fourth-order valence-corrected chi connectivity index (χ4v) is 3.42. The van der Waals surface area contributed by atoms with Crippen molar-refractivity contribution in [2.45, 2.75) is 77.6 Å². The van der Waals surface area contributed by atoms with E-state index in [0.717, 1.165) is 5.69 Å². The zero-order valence-corrected chi connectivity index (χ0v) is 17.9. The molecule has 0 fully saturated rings. The highest BCUT2D eigenvalue weighted by Gasteiger charge is 2.55. The summed E-state index contributed by atoms with van der Waals surface area (Å²) in [6, 6.07) is 1.79. The van der Waals surface area contributed by atoms with Crippen LogP contribution in [0.25, 0.3) is 0 Å². The van der Waals surface area contributed by atoms with Gasteiger partial charge in [-0.1, -0.05) is 6.08 Å². The third-order valence-corrected chi connectivity index (χ3v) is 5.58. The average molecular weight is 409 g/mol. The van der Waals surface area contributed by atoms with E-state index in [4.69, 9.17) is 14.2 Å². The van der Waals surface area contributed by atoms with Crippen LogP contribution in [0.1, 0.15) is 58.4 Å². The fraction of sp³-hybridized carbons (Fsp3) is 0.619. The lowest BCUT2D eigenvalue weighted by Gasteiger charge is -2.39. The quantitative estimate of drug-likeness (QED) is 0.500. The Bertz CT molecular complexity index is 789. The van der Waals surface area contributed by atoms with Gasteiger partial charge in [-0.3, -0.25) is 0 Å². The molecule has 162 valence electrons. The van der Waals surface area contributed by atoms with Crippen molar-refractivity contribution >= 4 is 11.9 Å². The number of aryl methyl sites for hydroxylation is 1. The molecule has 1 aromatic heterocycles. The van der Waals surface area contributed by atoms with Crippen LogP contribution in [0.5, 0.6) is 0 Å². The van der Waals surface area contributed by atoms with Gasteiger partial charge in [0, 0.05) is 37.4 Å². The van der Waals surface area contributed by atoms with Gasteiger partial charge in [0.05, 0.1) is 11.8 Å². The lowest BCUT2D eigenvalue weighted by molar-refractivity contribution is -0.218. The van der Waals surface area contributed by atoms with E-state index < -0.39 is 29.4 Å². The van der Waals surface area contributed by atoms with Crippen molar-refractivity contribution in [3.8, 4) is 0 Å². The summed E-state index contributed by atoms with van der Waals surface area (Å²) in [5.74, 6) is -1.38. The Morgan fingerprint density at radius 2 is 2.03 bits per heavy atom. The van der Waals surface area contributed by atoms with Crippen LogP contribution in [0, 0.1) is 0 Å². The number of methoxy groups -OCH3 is 1. The summed E-state index contributed by atoms with van der Waals surface area (Å²) in [6.45, 7) is 8.13. The van der Waals surface area contributed by atoms with Gasteiger partial charge in [-0.05, 0) is 40.7 Å². The van der Waals surface area contributed by atoms with Gasteiger partial charge < -0.3 is 29.0 Å². The van der Waals surface area contributed by atoms with Crippen LogP contribution in [-0.2, 0) is 37.0 Å². The Hall–Kier alpha value is -2.16. The third kappa shape index (κ3) is 4.39. The molecule has 2 rings (SSSR count). The van der Waals surface area contributed by atoms with Gasteiger partial charge in [0.25, 0.3) is 0 Å². The molecule has 0 amide bonds. The first-order valence-corrected chi connectivity index (χ1v) is 9.63. The third-order valence-electron chi connectivity index (χ3n) is 5.58. The van der Waals surface area contributed by atoms with E-state index in [1.165, 1.54) is 27.9 Å². The molecule has 0 saturated heterocycles. The molecule has 0 aromatic carbocycles. The Morgan fingerprint density at radius 1 is 1.38 bits per heavy atom. The predicted molar refractivity (Wildman–Crippen MR) is 105 cm³/mol. The number of hydrogen-bond donors (Lipinski definition) is 2. The number of ether oxygens (including phenoxy) is 3. The van der Waals surface area contributed by atoms with Crippen LogP contribution in [0.4, 0.5) is 0 Å². The Morgan fingerprint density at radius 3 is 2.59 bits per heavy atom. The molecule has 0 spiro atoms. The van der Waals surface area contributed by atoms with E-state index in [-0.39, 0.29) is 12.6 Å². The topological polar surface area (TPSA) is 107 Å². The van der Waals surface area contributed by atoms with Gasteiger partial charge in [0.15, 0.2) is 0 Å². The van der Waals surface area contributed by atoms with Crippen LogP contribution in [0.15, 0.2) is 23.9 Å². The molecule has 0 aliphatic carbocycles. The number of rotatable bonds is 8. The largest absolute Gasteiger partial charge is 0.458 e. The zero-order valence-electron chi connectivity index (χ0n) is 17.9. The number of fused-ring (bicyclic) bond motifs is 1. The fourth-order valence-electron chi connectivity index (χ4n) is 3.42. The maximum Gasteiger partial charge on any atom is 0.344 e. The number of allylic oxidation sites excluding steroid dienone is 1. The highest BCUT2D eigenvalue weighted by molar-refractivity contribution is 5.87. The molecular formula is C21H31NO7. The maximum absolute atomic E-state index is 12.7. The summed E-state index contributed by atoms with van der Waals surface area (Å²) in [5.41, 5.74) is -2.08. The summed E-state index contributed by atoms with van der Waals surface area (Å²) in [7, 11) is 1.33. The van der Waals surface area contributed by atoms with Crippen LogP contribution >= 0.6 is 0 Å². The van der Waals surface area contributed by atoms with E-state index >= 15 is 0 Å². The number of carbonyl (C=O) groups is 2. The Labute approximate surface area is 171 Å². The van der Waals surface area contributed by atoms with E-state index in [9.17, 15) is 19.8 Å². The lowest BCUT2D eigenvalue weighted by Crippen LogP contribution is -2.63. The second kappa shape index (κ2) is 8.69. The number of aliphatic hydroxyl groups is 2. The second-order valence-electron chi connectivity index (χ2n) is 7.85. The minimum Gasteiger partial charge on any atom is -0.458 e. The standard InChI is InChI=1S/C21H31NO7/c1-7-13(2)18(23)29-16-9-11-22-10-8-15(17(16)22)12-28-19(24)21(26,14(3)27-6)20(4,5)25/h7-8,10,14,16,25-26H,9,11-12H2,1-6H3/t14-,16-,21+/m0/s1. The Kier molecular flexibility index (Phi) is 6.93. The summed E-state index contributed by atoms with van der Waals surface area (Å²) >= 11 is 0. The number of esters is 2. The number of nitrogens with zero attached hydrogens (tertiary/aromatic N) is 1. The highest BCUT2D eigenvalue weighted by Crippen LogP contribution is 2.35. The van der Waals surface area contributed by atoms with Gasteiger partial charge >= 0.3 is 11.9 Å². The van der Waals surface area contributed by atoms with Crippen molar-refractivity contribution < 1.29 is 34.0 Å². The van der Waals surface area contributed by atoms with Crippen LogP contribution < -0.4 is 0 Å². The first kappa shape index (κ1) is 23.1. The summed E-state index contributed by atoms with van der Waals surface area (Å²) in [4.78, 5) is 24.8. The maximum atomic E-state index is 12.7. The number of hydrogen-bond acceptors (Lipinski definition) is 7. The molecule has 8 nitrogen and oxygen atoms in total. The molecule has 0 radical (unpaired) electrons. The predicted octanol–water partition coefficient (Wildman–Crippen LogP) is 2.02. The second-order valence-corrected chi connectivity index (χ2v) is 7.85. The molecule has 0 unspecified atom stereocenters. The van der Waals surface area contributed by atoms with Gasteiger partial charge in [-0.15, -0.1) is 0 Å². The SMILES string of the molecule is CC=C(C)C(=O)O[C@H]1CCn2ccc(COC(=O)[C@](O)([C@H](C)OC)C(C)(C)O)c21. The van der Waals surface area contributed by atoms with Gasteiger partial charge in [0.1, 0.15) is 18.3 Å². The molecule has 2 N–H and O–H groups in total. The van der Waals surface area contributed by atoms with Crippen molar-refractivity contribution in [1.29, 1.82) is 0 Å². The Balaban J connectivity index is 2.17. The average Bonchev–Trinajstić information content (AvgIpc) is 3.26. The van der Waals surface area contributed by atoms with E-state index in [0.29, 0.717) is 24.1 Å². The van der Waals surface area contributed by atoms with Crippen molar-refractivity contribution in [2.24, 2.45) is 0 Å².